The lowest BCUT2D eigenvalue weighted by Gasteiger charge is -2.20. The van der Waals surface area contributed by atoms with Gasteiger partial charge in [0.1, 0.15) is 11.4 Å². The van der Waals surface area contributed by atoms with E-state index in [0.29, 0.717) is 0 Å². The molecule has 0 fully saturated rings. The average Bonchev–Trinajstić information content (AvgIpc) is 1.82. The van der Waals surface area contributed by atoms with Crippen molar-refractivity contribution in [2.24, 2.45) is 10.8 Å². The minimum atomic E-state index is -0.457. The monoisotopic (exact) mass is 181 g/mol. The van der Waals surface area contributed by atoms with Crippen molar-refractivity contribution in [3.05, 3.63) is 0 Å². The third kappa shape index (κ3) is 4.25. The molecule has 0 aliphatic rings. The van der Waals surface area contributed by atoms with Gasteiger partial charge in [-0.15, -0.1) is 0 Å². The van der Waals surface area contributed by atoms with Crippen LogP contribution in [0.4, 0.5) is 0 Å². The number of carbonyl (C=O) groups excluding carboxylic acids is 2. The van der Waals surface area contributed by atoms with Gasteiger partial charge >= 0.3 is 0 Å². The Labute approximate surface area is 81.3 Å². The Morgan fingerprint density at radius 1 is 0.769 bits per heavy atom. The van der Waals surface area contributed by atoms with Crippen LogP contribution < -0.4 is 0 Å². The number of rotatable bonds is 2. The minimum Gasteiger partial charge on any atom is -0.311 e. The van der Waals surface area contributed by atoms with E-state index in [1.165, 1.54) is 7.28 Å². The molecule has 13 heavy (non-hydrogen) atoms. The fourth-order valence-electron chi connectivity index (χ4n) is 0.552. The number of hydrogen-bond acceptors (Lipinski definition) is 2. The summed E-state index contributed by atoms with van der Waals surface area (Å²) in [6, 6.07) is 0. The van der Waals surface area contributed by atoms with Crippen LogP contribution in [0.2, 0.25) is 0 Å². The van der Waals surface area contributed by atoms with Gasteiger partial charge in [0.2, 0.25) is 0 Å². The van der Waals surface area contributed by atoms with E-state index in [1.54, 1.807) is 0 Å². The molecule has 3 heteroatoms. The fraction of sp³-hybridized carbons (Fsp3) is 0.800. The van der Waals surface area contributed by atoms with Gasteiger partial charge in [-0.1, -0.05) is 41.5 Å². The Balaban J connectivity index is 4.34. The van der Waals surface area contributed by atoms with Crippen LogP contribution in [0.1, 0.15) is 41.5 Å². The van der Waals surface area contributed by atoms with Gasteiger partial charge in [0.15, 0.2) is 0 Å². The second-order valence-corrected chi connectivity index (χ2v) is 5.37. The van der Waals surface area contributed by atoms with E-state index < -0.39 is 10.8 Å². The van der Waals surface area contributed by atoms with E-state index in [1.807, 2.05) is 41.5 Å². The van der Waals surface area contributed by atoms with E-state index in [2.05, 4.69) is 0 Å². The summed E-state index contributed by atoms with van der Waals surface area (Å²) in [5.41, 5.74) is -1.12. The topological polar surface area (TPSA) is 34.1 Å². The molecule has 0 saturated heterocycles. The summed E-state index contributed by atoms with van der Waals surface area (Å²) < 4.78 is 0. The first-order valence-electron chi connectivity index (χ1n) is 4.49. The number of carbonyl (C=O) groups is 2. The Morgan fingerprint density at radius 3 is 1.15 bits per heavy atom. The van der Waals surface area contributed by atoms with E-state index in [4.69, 9.17) is 0 Å². The molecule has 0 aromatic carbocycles. The highest BCUT2D eigenvalue weighted by molar-refractivity contribution is 6.98. The van der Waals surface area contributed by atoms with Crippen molar-refractivity contribution in [2.45, 2.75) is 41.5 Å². The van der Waals surface area contributed by atoms with Crippen molar-refractivity contribution in [3.63, 3.8) is 0 Å². The zero-order chi connectivity index (χ0) is 10.9. The van der Waals surface area contributed by atoms with Gasteiger partial charge in [-0.3, -0.25) is 0 Å². The summed E-state index contributed by atoms with van der Waals surface area (Å²) in [4.78, 5) is 22.9. The van der Waals surface area contributed by atoms with Crippen LogP contribution in [0.25, 0.3) is 0 Å². The van der Waals surface area contributed by atoms with Crippen LogP contribution in [0.5, 0.6) is 0 Å². The average molecular weight is 181 g/mol. The van der Waals surface area contributed by atoms with Crippen LogP contribution >= 0.6 is 0 Å². The lowest BCUT2D eigenvalue weighted by atomic mass is 9.55. The SMILES string of the molecule is CC(C)(C)C(=O)[B]C(=O)C(C)(C)C. The van der Waals surface area contributed by atoms with Crippen LogP contribution in [-0.4, -0.2) is 18.6 Å². The van der Waals surface area contributed by atoms with Crippen molar-refractivity contribution in [3.8, 4) is 0 Å². The molecule has 0 aliphatic carbocycles. The minimum absolute atomic E-state index is 0.104. The van der Waals surface area contributed by atoms with Gasteiger partial charge in [-0.25, -0.2) is 0 Å². The molecule has 0 aromatic heterocycles. The van der Waals surface area contributed by atoms with Gasteiger partial charge < -0.3 is 9.59 Å². The molecule has 0 amide bonds. The Bertz CT molecular complexity index is 194. The Morgan fingerprint density at radius 2 is 1.00 bits per heavy atom. The summed E-state index contributed by atoms with van der Waals surface area (Å²) in [5.74, 6) is 0. The highest BCUT2D eigenvalue weighted by Gasteiger charge is 2.30. The van der Waals surface area contributed by atoms with E-state index >= 15 is 0 Å². The molecule has 0 N–H and O–H groups in total. The van der Waals surface area contributed by atoms with Gasteiger partial charge in [-0.2, -0.15) is 0 Å². The molecule has 73 valence electrons. The predicted octanol–water partition coefficient (Wildman–Crippen LogP) is 1.84. The van der Waals surface area contributed by atoms with Crippen LogP contribution in [-0.2, 0) is 9.59 Å². The molecule has 0 aromatic rings. The molecule has 0 aliphatic heterocycles. The smallest absolute Gasteiger partial charge is 0.292 e. The van der Waals surface area contributed by atoms with Gasteiger partial charge in [0.05, 0.1) is 0 Å². The van der Waals surface area contributed by atoms with Crippen molar-refractivity contribution in [1.29, 1.82) is 0 Å². The van der Waals surface area contributed by atoms with E-state index in [9.17, 15) is 9.59 Å². The van der Waals surface area contributed by atoms with Crippen molar-refractivity contribution in [2.75, 3.05) is 0 Å². The van der Waals surface area contributed by atoms with Gasteiger partial charge in [0, 0.05) is 10.8 Å². The van der Waals surface area contributed by atoms with Gasteiger partial charge in [-0.05, 0) is 0 Å². The van der Waals surface area contributed by atoms with E-state index in [-0.39, 0.29) is 11.4 Å². The first-order valence-corrected chi connectivity index (χ1v) is 4.49. The summed E-state index contributed by atoms with van der Waals surface area (Å²) in [7, 11) is 1.22. The van der Waals surface area contributed by atoms with Gasteiger partial charge in [0.25, 0.3) is 7.28 Å². The zero-order valence-corrected chi connectivity index (χ0v) is 9.39. The Kier molecular flexibility index (Phi) is 3.48. The molecule has 1 radical (unpaired) electrons. The molecule has 0 spiro atoms. The molecule has 0 atom stereocenters. The van der Waals surface area contributed by atoms with Crippen molar-refractivity contribution < 1.29 is 9.59 Å². The summed E-state index contributed by atoms with van der Waals surface area (Å²) >= 11 is 0. The van der Waals surface area contributed by atoms with Crippen LogP contribution in [0, 0.1) is 10.8 Å². The maximum absolute atomic E-state index is 11.4. The second-order valence-electron chi connectivity index (χ2n) is 5.37. The largest absolute Gasteiger partial charge is 0.311 e. The second kappa shape index (κ2) is 3.65. The standard InChI is InChI=1S/C10H18BO2/c1-9(2,3)7(12)11-8(13)10(4,5)6/h1-6H3. The third-order valence-corrected chi connectivity index (χ3v) is 1.74. The number of hydrogen-bond donors (Lipinski definition) is 0. The van der Waals surface area contributed by atoms with Crippen LogP contribution in [0.15, 0.2) is 0 Å². The molecule has 2 nitrogen and oxygen atoms in total. The van der Waals surface area contributed by atoms with E-state index in [0.717, 1.165) is 0 Å². The molecule has 0 unspecified atom stereocenters. The first kappa shape index (κ1) is 12.4. The predicted molar refractivity (Wildman–Crippen MR) is 54.7 cm³/mol. The quantitative estimate of drug-likeness (QED) is 0.609. The summed E-state index contributed by atoms with van der Waals surface area (Å²) in [6.07, 6.45) is 0. The van der Waals surface area contributed by atoms with Crippen molar-refractivity contribution in [1.82, 2.24) is 0 Å². The van der Waals surface area contributed by atoms with Crippen molar-refractivity contribution >= 4 is 18.6 Å². The molecule has 0 heterocycles. The maximum atomic E-state index is 11.4. The molecule has 0 rings (SSSR count). The highest BCUT2D eigenvalue weighted by Crippen LogP contribution is 2.18. The lowest BCUT2D eigenvalue weighted by molar-refractivity contribution is -0.122. The molecule has 0 saturated carbocycles. The summed E-state index contributed by atoms with van der Waals surface area (Å²) in [5, 5.41) is 0. The lowest BCUT2D eigenvalue weighted by Crippen LogP contribution is -2.36. The molecular weight excluding hydrogens is 163 g/mol. The normalized spacial score (nSPS) is 12.5. The highest BCUT2D eigenvalue weighted by atomic mass is 16.1. The van der Waals surface area contributed by atoms with Crippen LogP contribution in [0.3, 0.4) is 0 Å². The zero-order valence-electron chi connectivity index (χ0n) is 9.39. The fourth-order valence-corrected chi connectivity index (χ4v) is 0.552. The first-order chi connectivity index (χ1) is 5.55. The molecular formula is C10H18BO2. The Hall–Kier alpha value is -0.595. The maximum Gasteiger partial charge on any atom is 0.292 e. The third-order valence-electron chi connectivity index (χ3n) is 1.74. The molecule has 0 bridgehead atoms. The summed E-state index contributed by atoms with van der Waals surface area (Å²) in [6.45, 7) is 10.8.